The summed E-state index contributed by atoms with van der Waals surface area (Å²) in [6, 6.07) is 9.15. The maximum absolute atomic E-state index is 6.08. The van der Waals surface area contributed by atoms with Crippen molar-refractivity contribution in [2.24, 2.45) is 0 Å². The number of halogens is 3. The van der Waals surface area contributed by atoms with Gasteiger partial charge in [-0.05, 0) is 24.3 Å². The fraction of sp³-hybridized carbons (Fsp3) is 0. The first-order chi connectivity index (χ1) is 7.66. The Balaban J connectivity index is 2.55. The van der Waals surface area contributed by atoms with Crippen LogP contribution in [0.2, 0.25) is 15.1 Å². The third-order valence-electron chi connectivity index (χ3n) is 2.50. The average Bonchev–Trinajstić information content (AvgIpc) is 2.62. The van der Waals surface area contributed by atoms with Gasteiger partial charge in [0.1, 0.15) is 10.6 Å². The molecule has 2 aromatic carbocycles. The summed E-state index contributed by atoms with van der Waals surface area (Å²) in [5, 5.41) is 3.48. The lowest BCUT2D eigenvalue weighted by atomic mass is 10.1. The van der Waals surface area contributed by atoms with Crippen LogP contribution in [0.25, 0.3) is 21.9 Å². The van der Waals surface area contributed by atoms with E-state index in [9.17, 15) is 0 Å². The lowest BCUT2D eigenvalue weighted by molar-refractivity contribution is 0.669. The van der Waals surface area contributed by atoms with Gasteiger partial charge in [0.05, 0.1) is 5.02 Å². The van der Waals surface area contributed by atoms with E-state index in [0.29, 0.717) is 26.2 Å². The number of hydrogen-bond donors (Lipinski definition) is 0. The highest BCUT2D eigenvalue weighted by Gasteiger charge is 2.12. The quantitative estimate of drug-likeness (QED) is 0.523. The van der Waals surface area contributed by atoms with E-state index in [2.05, 4.69) is 0 Å². The SMILES string of the molecule is Clc1ccc2c(c1)oc1c(Cl)c(Cl)ccc12. The van der Waals surface area contributed by atoms with Crippen molar-refractivity contribution in [3.63, 3.8) is 0 Å². The Labute approximate surface area is 106 Å². The van der Waals surface area contributed by atoms with Crippen LogP contribution in [-0.2, 0) is 0 Å². The number of rotatable bonds is 0. The number of benzene rings is 2. The summed E-state index contributed by atoms with van der Waals surface area (Å²) in [6.45, 7) is 0. The molecule has 0 amide bonds. The molecule has 0 aliphatic heterocycles. The average molecular weight is 272 g/mol. The van der Waals surface area contributed by atoms with Crippen molar-refractivity contribution in [2.75, 3.05) is 0 Å². The second kappa shape index (κ2) is 3.56. The summed E-state index contributed by atoms with van der Waals surface area (Å²) >= 11 is 17.9. The van der Waals surface area contributed by atoms with E-state index in [1.54, 1.807) is 12.1 Å². The summed E-state index contributed by atoms with van der Waals surface area (Å²) < 4.78 is 5.64. The first kappa shape index (κ1) is 10.3. The van der Waals surface area contributed by atoms with Crippen LogP contribution in [0.1, 0.15) is 0 Å². The lowest BCUT2D eigenvalue weighted by Crippen LogP contribution is -1.70. The van der Waals surface area contributed by atoms with Crippen LogP contribution in [0, 0.1) is 0 Å². The van der Waals surface area contributed by atoms with Crippen LogP contribution in [0.4, 0.5) is 0 Å². The molecule has 4 heteroatoms. The Morgan fingerprint density at radius 2 is 1.62 bits per heavy atom. The molecule has 0 aliphatic carbocycles. The Hall–Kier alpha value is -0.890. The monoisotopic (exact) mass is 270 g/mol. The highest BCUT2D eigenvalue weighted by Crippen LogP contribution is 2.37. The fourth-order valence-electron chi connectivity index (χ4n) is 1.76. The highest BCUT2D eigenvalue weighted by molar-refractivity contribution is 6.45. The molecule has 80 valence electrons. The van der Waals surface area contributed by atoms with E-state index >= 15 is 0 Å². The van der Waals surface area contributed by atoms with Gasteiger partial charge in [-0.2, -0.15) is 0 Å². The fourth-order valence-corrected chi connectivity index (χ4v) is 2.27. The van der Waals surface area contributed by atoms with Crippen LogP contribution in [0.3, 0.4) is 0 Å². The summed E-state index contributed by atoms with van der Waals surface area (Å²) in [4.78, 5) is 0. The molecule has 1 nitrogen and oxygen atoms in total. The first-order valence-electron chi connectivity index (χ1n) is 4.62. The Morgan fingerprint density at radius 1 is 0.875 bits per heavy atom. The van der Waals surface area contributed by atoms with E-state index in [1.807, 2.05) is 18.2 Å². The van der Waals surface area contributed by atoms with Gasteiger partial charge in [0.15, 0.2) is 5.58 Å². The summed E-state index contributed by atoms with van der Waals surface area (Å²) in [6.07, 6.45) is 0. The zero-order valence-corrected chi connectivity index (χ0v) is 10.2. The van der Waals surface area contributed by atoms with Gasteiger partial charge >= 0.3 is 0 Å². The molecule has 16 heavy (non-hydrogen) atoms. The van der Waals surface area contributed by atoms with Crippen LogP contribution >= 0.6 is 34.8 Å². The van der Waals surface area contributed by atoms with Gasteiger partial charge in [-0.3, -0.25) is 0 Å². The first-order valence-corrected chi connectivity index (χ1v) is 5.76. The Bertz CT molecular complexity index is 700. The zero-order chi connectivity index (χ0) is 11.3. The molecule has 0 spiro atoms. The van der Waals surface area contributed by atoms with E-state index in [-0.39, 0.29) is 0 Å². The predicted octanol–water partition coefficient (Wildman–Crippen LogP) is 5.55. The number of furan rings is 1. The van der Waals surface area contributed by atoms with Gasteiger partial charge in [-0.25, -0.2) is 0 Å². The molecule has 0 radical (unpaired) electrons. The molecular formula is C12H5Cl3O. The second-order valence-corrected chi connectivity index (χ2v) is 4.70. The smallest absolute Gasteiger partial charge is 0.155 e. The Kier molecular flexibility index (Phi) is 2.28. The largest absolute Gasteiger partial charge is 0.454 e. The van der Waals surface area contributed by atoms with Crippen LogP contribution < -0.4 is 0 Å². The van der Waals surface area contributed by atoms with Crippen molar-refractivity contribution in [3.8, 4) is 0 Å². The summed E-state index contributed by atoms with van der Waals surface area (Å²) in [5.74, 6) is 0. The molecule has 0 fully saturated rings. The van der Waals surface area contributed by atoms with Gasteiger partial charge in [-0.1, -0.05) is 34.8 Å². The Morgan fingerprint density at radius 3 is 2.44 bits per heavy atom. The molecule has 1 aromatic heterocycles. The van der Waals surface area contributed by atoms with Crippen LogP contribution in [-0.4, -0.2) is 0 Å². The van der Waals surface area contributed by atoms with Crippen molar-refractivity contribution >= 4 is 56.7 Å². The molecule has 0 saturated carbocycles. The standard InChI is InChI=1S/C12H5Cl3O/c13-6-1-2-7-8-3-4-9(14)11(15)12(8)16-10(7)5-6/h1-5H. The number of fused-ring (bicyclic) bond motifs is 3. The molecular weight excluding hydrogens is 266 g/mol. The van der Waals surface area contributed by atoms with Gasteiger partial charge in [0, 0.05) is 21.9 Å². The van der Waals surface area contributed by atoms with E-state index < -0.39 is 0 Å². The van der Waals surface area contributed by atoms with Crippen molar-refractivity contribution < 1.29 is 4.42 Å². The van der Waals surface area contributed by atoms with Crippen molar-refractivity contribution in [1.82, 2.24) is 0 Å². The molecule has 0 aliphatic rings. The van der Waals surface area contributed by atoms with Crippen LogP contribution in [0.5, 0.6) is 0 Å². The van der Waals surface area contributed by atoms with Crippen LogP contribution in [0.15, 0.2) is 34.7 Å². The molecule has 0 saturated heterocycles. The maximum atomic E-state index is 6.08. The molecule has 0 N–H and O–H groups in total. The molecule has 0 bridgehead atoms. The normalized spacial score (nSPS) is 11.4. The summed E-state index contributed by atoms with van der Waals surface area (Å²) in [7, 11) is 0. The number of hydrogen-bond acceptors (Lipinski definition) is 1. The van der Waals surface area contributed by atoms with E-state index in [0.717, 1.165) is 10.8 Å². The minimum absolute atomic E-state index is 0.437. The molecule has 1 heterocycles. The van der Waals surface area contributed by atoms with Gasteiger partial charge in [0.25, 0.3) is 0 Å². The second-order valence-electron chi connectivity index (χ2n) is 3.48. The molecule has 0 unspecified atom stereocenters. The third kappa shape index (κ3) is 1.40. The molecule has 3 rings (SSSR count). The molecule has 3 aromatic rings. The van der Waals surface area contributed by atoms with Crippen molar-refractivity contribution in [3.05, 3.63) is 45.4 Å². The third-order valence-corrected chi connectivity index (χ3v) is 3.52. The topological polar surface area (TPSA) is 13.1 Å². The highest BCUT2D eigenvalue weighted by atomic mass is 35.5. The minimum Gasteiger partial charge on any atom is -0.454 e. The van der Waals surface area contributed by atoms with Crippen molar-refractivity contribution in [1.29, 1.82) is 0 Å². The summed E-state index contributed by atoms with van der Waals surface area (Å²) in [5.41, 5.74) is 1.32. The minimum atomic E-state index is 0.437. The predicted molar refractivity (Wildman–Crippen MR) is 68.8 cm³/mol. The zero-order valence-electron chi connectivity index (χ0n) is 7.93. The van der Waals surface area contributed by atoms with Gasteiger partial charge < -0.3 is 4.42 Å². The van der Waals surface area contributed by atoms with Gasteiger partial charge in [-0.15, -0.1) is 0 Å². The van der Waals surface area contributed by atoms with E-state index in [4.69, 9.17) is 39.2 Å². The van der Waals surface area contributed by atoms with Crippen molar-refractivity contribution in [2.45, 2.75) is 0 Å². The van der Waals surface area contributed by atoms with E-state index in [1.165, 1.54) is 0 Å². The maximum Gasteiger partial charge on any atom is 0.155 e. The lowest BCUT2D eigenvalue weighted by Gasteiger charge is -1.94. The molecule has 0 atom stereocenters. The van der Waals surface area contributed by atoms with Gasteiger partial charge in [0.2, 0.25) is 0 Å².